The fraction of sp³-hybridized carbons (Fsp3) is 0.667. The van der Waals surface area contributed by atoms with Crippen LogP contribution in [0.15, 0.2) is 18.2 Å². The van der Waals surface area contributed by atoms with E-state index in [2.05, 4.69) is 17.4 Å². The molecule has 0 aromatic heterocycles. The van der Waals surface area contributed by atoms with Gasteiger partial charge in [-0.25, -0.2) is 0 Å². The van der Waals surface area contributed by atoms with Crippen LogP contribution in [0.4, 0.5) is 0 Å². The summed E-state index contributed by atoms with van der Waals surface area (Å²) in [6.07, 6.45) is 7.17. The van der Waals surface area contributed by atoms with Crippen molar-refractivity contribution in [2.24, 2.45) is 11.1 Å². The third kappa shape index (κ3) is 3.52. The van der Waals surface area contributed by atoms with Crippen LogP contribution in [0, 0.1) is 5.41 Å². The van der Waals surface area contributed by atoms with Gasteiger partial charge in [-0.15, -0.1) is 0 Å². The summed E-state index contributed by atoms with van der Waals surface area (Å²) in [6.45, 7) is 2.52. The van der Waals surface area contributed by atoms with Crippen LogP contribution in [-0.2, 0) is 14.9 Å². The van der Waals surface area contributed by atoms with Crippen molar-refractivity contribution in [2.45, 2.75) is 50.4 Å². The molecule has 2 aliphatic heterocycles. The van der Waals surface area contributed by atoms with Crippen molar-refractivity contribution in [1.82, 2.24) is 5.32 Å². The van der Waals surface area contributed by atoms with Crippen LogP contribution < -0.4 is 20.5 Å². The summed E-state index contributed by atoms with van der Waals surface area (Å²) in [6, 6.07) is 6.24. The van der Waals surface area contributed by atoms with E-state index in [0.29, 0.717) is 39.1 Å². The van der Waals surface area contributed by atoms with Crippen LogP contribution >= 0.6 is 0 Å². The second-order valence-corrected chi connectivity index (χ2v) is 8.19. The first-order valence-electron chi connectivity index (χ1n) is 10.1. The van der Waals surface area contributed by atoms with Gasteiger partial charge >= 0.3 is 0 Å². The van der Waals surface area contributed by atoms with E-state index < -0.39 is 5.41 Å². The van der Waals surface area contributed by atoms with Crippen LogP contribution in [0.2, 0.25) is 0 Å². The number of amides is 1. The van der Waals surface area contributed by atoms with E-state index in [4.69, 9.17) is 19.9 Å². The lowest BCUT2D eigenvalue weighted by Crippen LogP contribution is -2.52. The van der Waals surface area contributed by atoms with Gasteiger partial charge in [0.15, 0.2) is 11.5 Å². The van der Waals surface area contributed by atoms with Crippen LogP contribution in [0.3, 0.4) is 0 Å². The molecule has 4 rings (SSSR count). The zero-order chi connectivity index (χ0) is 18.7. The van der Waals surface area contributed by atoms with Crippen molar-refractivity contribution >= 4 is 5.91 Å². The Kier molecular flexibility index (Phi) is 5.28. The molecular weight excluding hydrogens is 344 g/mol. The number of carbonyl (C=O) groups excluding carboxylic acids is 1. The minimum atomic E-state index is -0.483. The average Bonchev–Trinajstić information content (AvgIpc) is 3.21. The van der Waals surface area contributed by atoms with Crippen molar-refractivity contribution < 1.29 is 19.0 Å². The number of ether oxygens (including phenoxy) is 3. The molecule has 1 saturated carbocycles. The normalized spacial score (nSPS) is 23.0. The molecule has 0 spiro atoms. The maximum Gasteiger partial charge on any atom is 0.231 e. The van der Waals surface area contributed by atoms with Crippen molar-refractivity contribution in [3.05, 3.63) is 23.8 Å². The fourth-order valence-electron chi connectivity index (χ4n) is 4.75. The molecule has 3 aliphatic rings. The Bertz CT molecular complexity index is 679. The fourth-order valence-corrected chi connectivity index (χ4v) is 4.75. The van der Waals surface area contributed by atoms with Gasteiger partial charge in [-0.2, -0.15) is 0 Å². The first kappa shape index (κ1) is 18.6. The Labute approximate surface area is 160 Å². The Hall–Kier alpha value is -1.79. The number of rotatable bonds is 5. The maximum atomic E-state index is 13.1. The van der Waals surface area contributed by atoms with Crippen LogP contribution in [0.1, 0.15) is 50.5 Å². The first-order valence-corrected chi connectivity index (χ1v) is 10.1. The van der Waals surface area contributed by atoms with Crippen molar-refractivity contribution in [3.8, 4) is 11.5 Å². The Balaban J connectivity index is 1.53. The van der Waals surface area contributed by atoms with Gasteiger partial charge < -0.3 is 25.3 Å². The summed E-state index contributed by atoms with van der Waals surface area (Å²) in [5.74, 6) is 1.70. The second-order valence-electron chi connectivity index (χ2n) is 8.19. The molecule has 0 radical (unpaired) electrons. The molecule has 6 nitrogen and oxygen atoms in total. The molecule has 1 aliphatic carbocycles. The summed E-state index contributed by atoms with van der Waals surface area (Å²) < 4.78 is 16.5. The highest BCUT2D eigenvalue weighted by Crippen LogP contribution is 2.43. The van der Waals surface area contributed by atoms with Crippen LogP contribution in [0.5, 0.6) is 11.5 Å². The van der Waals surface area contributed by atoms with E-state index in [1.54, 1.807) is 0 Å². The molecule has 6 heteroatoms. The zero-order valence-electron chi connectivity index (χ0n) is 15.9. The van der Waals surface area contributed by atoms with E-state index in [9.17, 15) is 4.79 Å². The molecule has 0 unspecified atom stereocenters. The summed E-state index contributed by atoms with van der Waals surface area (Å²) in [4.78, 5) is 13.1. The SMILES string of the molecule is NCC1(C(=O)NCC2(c3ccc4c(c3)OCO4)CCCCC2)CCOCC1. The molecule has 27 heavy (non-hydrogen) atoms. The number of nitrogens with two attached hydrogens (primary N) is 1. The van der Waals surface area contributed by atoms with E-state index >= 15 is 0 Å². The monoisotopic (exact) mass is 374 g/mol. The van der Waals surface area contributed by atoms with E-state index in [-0.39, 0.29) is 18.1 Å². The molecule has 2 heterocycles. The molecule has 1 saturated heterocycles. The number of hydrogen-bond acceptors (Lipinski definition) is 5. The molecule has 2 fully saturated rings. The molecular formula is C21H30N2O4. The molecule has 1 aromatic rings. The van der Waals surface area contributed by atoms with Crippen LogP contribution in [-0.4, -0.2) is 39.0 Å². The maximum absolute atomic E-state index is 13.1. The van der Waals surface area contributed by atoms with Gasteiger partial charge in [0.1, 0.15) is 0 Å². The summed E-state index contributed by atoms with van der Waals surface area (Å²) in [7, 11) is 0. The highest BCUT2D eigenvalue weighted by Gasteiger charge is 2.41. The third-order valence-corrected chi connectivity index (χ3v) is 6.71. The number of fused-ring (bicyclic) bond motifs is 1. The molecule has 1 aromatic carbocycles. The van der Waals surface area contributed by atoms with Crippen molar-refractivity contribution in [2.75, 3.05) is 33.1 Å². The van der Waals surface area contributed by atoms with Crippen molar-refractivity contribution in [3.63, 3.8) is 0 Å². The topological polar surface area (TPSA) is 82.8 Å². The van der Waals surface area contributed by atoms with Gasteiger partial charge in [0.05, 0.1) is 5.41 Å². The summed E-state index contributed by atoms with van der Waals surface area (Å²) in [5.41, 5.74) is 6.71. The van der Waals surface area contributed by atoms with Gasteiger partial charge in [-0.05, 0) is 43.4 Å². The van der Waals surface area contributed by atoms with Crippen LogP contribution in [0.25, 0.3) is 0 Å². The number of benzene rings is 1. The minimum absolute atomic E-state index is 0.0458. The summed E-state index contributed by atoms with van der Waals surface area (Å²) in [5, 5.41) is 3.27. The Morgan fingerprint density at radius 3 is 2.52 bits per heavy atom. The highest BCUT2D eigenvalue weighted by molar-refractivity contribution is 5.83. The highest BCUT2D eigenvalue weighted by atomic mass is 16.7. The standard InChI is InChI=1S/C21H30N2O4/c22-13-20(8-10-25-11-9-20)19(24)23-14-21(6-2-1-3-7-21)16-4-5-17-18(12-16)27-15-26-17/h4-5,12H,1-3,6-11,13-15,22H2,(H,23,24). The second kappa shape index (κ2) is 7.68. The number of nitrogens with one attached hydrogen (secondary N) is 1. The average molecular weight is 374 g/mol. The van der Waals surface area contributed by atoms with Gasteiger partial charge in [-0.1, -0.05) is 25.3 Å². The predicted octanol–water partition coefficient (Wildman–Crippen LogP) is 2.49. The quantitative estimate of drug-likeness (QED) is 0.827. The minimum Gasteiger partial charge on any atom is -0.454 e. The van der Waals surface area contributed by atoms with Gasteiger partial charge in [0, 0.05) is 31.7 Å². The first-order chi connectivity index (χ1) is 13.2. The van der Waals surface area contributed by atoms with E-state index in [0.717, 1.165) is 24.3 Å². The van der Waals surface area contributed by atoms with Gasteiger partial charge in [0.2, 0.25) is 12.7 Å². The molecule has 1 amide bonds. The molecule has 3 N–H and O–H groups in total. The van der Waals surface area contributed by atoms with E-state index in [1.807, 2.05) is 6.07 Å². The lowest BCUT2D eigenvalue weighted by atomic mass is 9.69. The largest absolute Gasteiger partial charge is 0.454 e. The number of carbonyl (C=O) groups is 1. The van der Waals surface area contributed by atoms with Crippen molar-refractivity contribution in [1.29, 1.82) is 0 Å². The number of hydrogen-bond donors (Lipinski definition) is 2. The molecule has 148 valence electrons. The Morgan fingerprint density at radius 2 is 1.78 bits per heavy atom. The molecule has 0 atom stereocenters. The lowest BCUT2D eigenvalue weighted by molar-refractivity contribution is -0.136. The molecule has 0 bridgehead atoms. The smallest absolute Gasteiger partial charge is 0.231 e. The van der Waals surface area contributed by atoms with Gasteiger partial charge in [-0.3, -0.25) is 4.79 Å². The van der Waals surface area contributed by atoms with E-state index in [1.165, 1.54) is 24.8 Å². The Morgan fingerprint density at radius 1 is 1.04 bits per heavy atom. The van der Waals surface area contributed by atoms with Gasteiger partial charge in [0.25, 0.3) is 0 Å². The summed E-state index contributed by atoms with van der Waals surface area (Å²) >= 11 is 0. The zero-order valence-corrected chi connectivity index (χ0v) is 15.9. The lowest BCUT2D eigenvalue weighted by Gasteiger charge is -2.40. The predicted molar refractivity (Wildman–Crippen MR) is 102 cm³/mol. The third-order valence-electron chi connectivity index (χ3n) is 6.71.